The van der Waals surface area contributed by atoms with Gasteiger partial charge in [0.15, 0.2) is 0 Å². The number of carbonyl (C=O) groups is 1. The summed E-state index contributed by atoms with van der Waals surface area (Å²) in [7, 11) is 0. The number of aromatic nitrogens is 1. The molecule has 0 aromatic carbocycles. The molecule has 0 spiro atoms. The van der Waals surface area contributed by atoms with E-state index in [1.165, 1.54) is 0 Å². The fraction of sp³-hybridized carbons (Fsp3) is 0.500. The maximum absolute atomic E-state index is 12.2. The standard InChI is InChI=1S/C14H17N3O2/c1-2-19-12-6-5-11(9-16-12)17-13(18)14(10-15)7-3-4-8-14/h5-6,9H,2-4,7-8H2,1H3,(H,17,18). The van der Waals surface area contributed by atoms with E-state index in [4.69, 9.17) is 4.74 Å². The minimum absolute atomic E-state index is 0.224. The van der Waals surface area contributed by atoms with Crippen LogP contribution in [0, 0.1) is 16.7 Å². The molecule has 0 bridgehead atoms. The number of nitriles is 1. The van der Waals surface area contributed by atoms with Gasteiger partial charge >= 0.3 is 0 Å². The Morgan fingerprint density at radius 3 is 2.79 bits per heavy atom. The van der Waals surface area contributed by atoms with E-state index in [1.54, 1.807) is 18.3 Å². The monoisotopic (exact) mass is 259 g/mol. The van der Waals surface area contributed by atoms with Crippen LogP contribution in [0.5, 0.6) is 5.88 Å². The van der Waals surface area contributed by atoms with Crippen LogP contribution in [0.25, 0.3) is 0 Å². The summed E-state index contributed by atoms with van der Waals surface area (Å²) in [4.78, 5) is 16.3. The van der Waals surface area contributed by atoms with Gasteiger partial charge in [0.05, 0.1) is 24.6 Å². The predicted octanol–water partition coefficient (Wildman–Crippen LogP) is 2.50. The van der Waals surface area contributed by atoms with Crippen molar-refractivity contribution in [2.75, 3.05) is 11.9 Å². The van der Waals surface area contributed by atoms with Gasteiger partial charge in [-0.15, -0.1) is 0 Å². The highest BCUT2D eigenvalue weighted by Gasteiger charge is 2.41. The highest BCUT2D eigenvalue weighted by Crippen LogP contribution is 2.38. The molecule has 1 aromatic rings. The van der Waals surface area contributed by atoms with Crippen molar-refractivity contribution >= 4 is 11.6 Å². The fourth-order valence-electron chi connectivity index (χ4n) is 2.31. The van der Waals surface area contributed by atoms with E-state index in [1.807, 2.05) is 6.92 Å². The second-order valence-electron chi connectivity index (χ2n) is 4.67. The van der Waals surface area contributed by atoms with E-state index in [9.17, 15) is 10.1 Å². The Labute approximate surface area is 112 Å². The first kappa shape index (κ1) is 13.3. The van der Waals surface area contributed by atoms with Crippen LogP contribution in [0.2, 0.25) is 0 Å². The summed E-state index contributed by atoms with van der Waals surface area (Å²) in [5.74, 6) is 0.301. The normalized spacial score (nSPS) is 16.6. The summed E-state index contributed by atoms with van der Waals surface area (Å²) < 4.78 is 5.23. The molecule has 5 nitrogen and oxygen atoms in total. The van der Waals surface area contributed by atoms with Gasteiger partial charge in [0.1, 0.15) is 5.41 Å². The van der Waals surface area contributed by atoms with Crippen molar-refractivity contribution in [1.82, 2.24) is 4.98 Å². The molecule has 1 aliphatic carbocycles. The van der Waals surface area contributed by atoms with Crippen molar-refractivity contribution < 1.29 is 9.53 Å². The highest BCUT2D eigenvalue weighted by molar-refractivity contribution is 5.97. The number of carbonyl (C=O) groups excluding carboxylic acids is 1. The van der Waals surface area contributed by atoms with E-state index < -0.39 is 5.41 Å². The number of hydrogen-bond acceptors (Lipinski definition) is 4. The molecule has 1 fully saturated rings. The number of ether oxygens (including phenoxy) is 1. The fourth-order valence-corrected chi connectivity index (χ4v) is 2.31. The first-order valence-corrected chi connectivity index (χ1v) is 6.52. The van der Waals surface area contributed by atoms with Gasteiger partial charge in [-0.05, 0) is 25.8 Å². The number of nitrogens with one attached hydrogen (secondary N) is 1. The first-order chi connectivity index (χ1) is 9.20. The summed E-state index contributed by atoms with van der Waals surface area (Å²) in [6.45, 7) is 2.43. The molecule has 19 heavy (non-hydrogen) atoms. The number of anilines is 1. The molecule has 5 heteroatoms. The Morgan fingerprint density at radius 1 is 1.53 bits per heavy atom. The lowest BCUT2D eigenvalue weighted by Crippen LogP contribution is -2.32. The van der Waals surface area contributed by atoms with E-state index in [-0.39, 0.29) is 5.91 Å². The van der Waals surface area contributed by atoms with Crippen LogP contribution in [0.15, 0.2) is 18.3 Å². The van der Waals surface area contributed by atoms with Crippen molar-refractivity contribution in [2.24, 2.45) is 5.41 Å². The van der Waals surface area contributed by atoms with E-state index in [2.05, 4.69) is 16.4 Å². The van der Waals surface area contributed by atoms with Crippen LogP contribution in [0.1, 0.15) is 32.6 Å². The smallest absolute Gasteiger partial charge is 0.244 e. The van der Waals surface area contributed by atoms with Crippen molar-refractivity contribution in [3.8, 4) is 11.9 Å². The Kier molecular flexibility index (Phi) is 4.00. The van der Waals surface area contributed by atoms with Crippen LogP contribution in [0.4, 0.5) is 5.69 Å². The summed E-state index contributed by atoms with van der Waals surface area (Å²) >= 11 is 0. The Balaban J connectivity index is 2.04. The molecule has 100 valence electrons. The van der Waals surface area contributed by atoms with Gasteiger partial charge in [0.25, 0.3) is 0 Å². The summed E-state index contributed by atoms with van der Waals surface area (Å²) in [6, 6.07) is 5.61. The molecule has 1 aliphatic rings. The number of hydrogen-bond donors (Lipinski definition) is 1. The van der Waals surface area contributed by atoms with Crippen LogP contribution in [-0.2, 0) is 4.79 Å². The molecule has 1 aromatic heterocycles. The molecule has 0 atom stereocenters. The highest BCUT2D eigenvalue weighted by atomic mass is 16.5. The number of amides is 1. The van der Waals surface area contributed by atoms with Crippen molar-refractivity contribution in [3.63, 3.8) is 0 Å². The van der Waals surface area contributed by atoms with Crippen LogP contribution < -0.4 is 10.1 Å². The molecule has 1 N–H and O–H groups in total. The SMILES string of the molecule is CCOc1ccc(NC(=O)C2(C#N)CCCC2)cn1. The van der Waals surface area contributed by atoms with Crippen LogP contribution >= 0.6 is 0 Å². The third-order valence-electron chi connectivity index (χ3n) is 3.39. The first-order valence-electron chi connectivity index (χ1n) is 6.52. The van der Waals surface area contributed by atoms with Crippen molar-refractivity contribution in [2.45, 2.75) is 32.6 Å². The molecule has 2 rings (SSSR count). The third-order valence-corrected chi connectivity index (χ3v) is 3.39. The van der Waals surface area contributed by atoms with Crippen LogP contribution in [-0.4, -0.2) is 17.5 Å². The zero-order valence-corrected chi connectivity index (χ0v) is 11.0. The van der Waals surface area contributed by atoms with Crippen molar-refractivity contribution in [3.05, 3.63) is 18.3 Å². The average molecular weight is 259 g/mol. The summed E-state index contributed by atoms with van der Waals surface area (Å²) in [6.07, 6.45) is 4.69. The lowest BCUT2D eigenvalue weighted by Gasteiger charge is -2.19. The number of nitrogens with zero attached hydrogens (tertiary/aromatic N) is 2. The lowest BCUT2D eigenvalue weighted by atomic mass is 9.87. The lowest BCUT2D eigenvalue weighted by molar-refractivity contribution is -0.122. The minimum atomic E-state index is -0.863. The Bertz CT molecular complexity index is 484. The molecule has 0 aliphatic heterocycles. The molecule has 1 heterocycles. The van der Waals surface area contributed by atoms with Gasteiger partial charge in [0, 0.05) is 6.07 Å². The van der Waals surface area contributed by atoms with Crippen LogP contribution in [0.3, 0.4) is 0 Å². The largest absolute Gasteiger partial charge is 0.478 e. The molecular weight excluding hydrogens is 242 g/mol. The zero-order valence-electron chi connectivity index (χ0n) is 11.0. The van der Waals surface area contributed by atoms with Crippen molar-refractivity contribution in [1.29, 1.82) is 5.26 Å². The second-order valence-corrected chi connectivity index (χ2v) is 4.67. The molecule has 0 radical (unpaired) electrons. The molecule has 1 amide bonds. The van der Waals surface area contributed by atoms with E-state index in [0.29, 0.717) is 31.0 Å². The zero-order chi connectivity index (χ0) is 13.7. The van der Waals surface area contributed by atoms with E-state index >= 15 is 0 Å². The predicted molar refractivity (Wildman–Crippen MR) is 70.5 cm³/mol. The minimum Gasteiger partial charge on any atom is -0.478 e. The summed E-state index contributed by atoms with van der Waals surface area (Å²) in [5.41, 5.74) is -0.270. The average Bonchev–Trinajstić information content (AvgIpc) is 2.91. The maximum atomic E-state index is 12.2. The number of rotatable bonds is 4. The molecule has 1 saturated carbocycles. The second kappa shape index (κ2) is 5.70. The number of pyridine rings is 1. The van der Waals surface area contributed by atoms with E-state index in [0.717, 1.165) is 12.8 Å². The molecular formula is C14H17N3O2. The Morgan fingerprint density at radius 2 is 2.26 bits per heavy atom. The molecule has 0 unspecified atom stereocenters. The van der Waals surface area contributed by atoms with Gasteiger partial charge in [-0.2, -0.15) is 5.26 Å². The van der Waals surface area contributed by atoms with Gasteiger partial charge in [-0.3, -0.25) is 4.79 Å². The van der Waals surface area contributed by atoms with Gasteiger partial charge in [-0.1, -0.05) is 12.8 Å². The topological polar surface area (TPSA) is 75.0 Å². The van der Waals surface area contributed by atoms with Gasteiger partial charge < -0.3 is 10.1 Å². The quantitative estimate of drug-likeness (QED) is 0.901. The maximum Gasteiger partial charge on any atom is 0.244 e. The van der Waals surface area contributed by atoms with Gasteiger partial charge in [0.2, 0.25) is 11.8 Å². The summed E-state index contributed by atoms with van der Waals surface area (Å²) in [5, 5.41) is 12.0. The third kappa shape index (κ3) is 2.84. The molecule has 0 saturated heterocycles. The Hall–Kier alpha value is -2.09. The van der Waals surface area contributed by atoms with Gasteiger partial charge in [-0.25, -0.2) is 4.98 Å².